The smallest absolute Gasteiger partial charge is 0.309 e. The summed E-state index contributed by atoms with van der Waals surface area (Å²) in [5, 5.41) is 29.4. The summed E-state index contributed by atoms with van der Waals surface area (Å²) in [6.45, 7) is 6.04. The van der Waals surface area contributed by atoms with Gasteiger partial charge < -0.3 is 14.7 Å². The number of aliphatic carboxylic acids is 1. The predicted octanol–water partition coefficient (Wildman–Crippen LogP) is 11.3. The molecule has 0 saturated carbocycles. The normalized spacial score (nSPS) is 21.9. The van der Waals surface area contributed by atoms with Crippen LogP contribution in [0.1, 0.15) is 57.1 Å². The molecule has 7 nitrogen and oxygen atoms in total. The average Bonchev–Trinajstić information content (AvgIpc) is 3.68. The van der Waals surface area contributed by atoms with E-state index in [2.05, 4.69) is 133 Å². The van der Waals surface area contributed by atoms with Crippen molar-refractivity contribution in [2.75, 3.05) is 24.6 Å². The monoisotopic (exact) mass is 790 g/mol. The second-order valence-corrected chi connectivity index (χ2v) is 16.6. The number of rotatable bonds is 12. The van der Waals surface area contributed by atoms with Crippen LogP contribution in [0.5, 0.6) is 0 Å². The third kappa shape index (κ3) is 6.13. The highest BCUT2D eigenvalue weighted by molar-refractivity contribution is 6.19. The van der Waals surface area contributed by atoms with E-state index in [1.807, 2.05) is 36.4 Å². The van der Waals surface area contributed by atoms with Crippen LogP contribution in [0, 0.1) is 17.2 Å². The number of carboxylic acid groups (broad SMARTS) is 1. The highest BCUT2D eigenvalue weighted by atomic mass is 16.5. The number of carboxylic acids is 1. The van der Waals surface area contributed by atoms with Gasteiger partial charge in [-0.15, -0.1) is 0 Å². The van der Waals surface area contributed by atoms with E-state index < -0.39 is 16.8 Å². The zero-order valence-corrected chi connectivity index (χ0v) is 34.1. The van der Waals surface area contributed by atoms with Crippen LogP contribution in [0.15, 0.2) is 145 Å². The molecule has 3 unspecified atom stereocenters. The van der Waals surface area contributed by atoms with Crippen molar-refractivity contribution in [1.29, 1.82) is 5.26 Å². The van der Waals surface area contributed by atoms with Gasteiger partial charge in [0.05, 0.1) is 35.5 Å². The molecular weight excluding hydrogens is 743 g/mol. The Morgan fingerprint density at radius 2 is 1.45 bits per heavy atom. The average molecular weight is 791 g/mol. The molecule has 7 heteroatoms. The lowest BCUT2D eigenvalue weighted by molar-refractivity contribution is -0.435. The maximum Gasteiger partial charge on any atom is 0.309 e. The van der Waals surface area contributed by atoms with Gasteiger partial charge in [-0.3, -0.25) is 9.59 Å². The Bertz CT molecular complexity index is 2930. The number of ether oxygens (including phenoxy) is 1. The van der Waals surface area contributed by atoms with Gasteiger partial charge in [-0.1, -0.05) is 121 Å². The summed E-state index contributed by atoms with van der Waals surface area (Å²) in [4.78, 5) is 26.0. The first kappa shape index (κ1) is 38.7. The molecule has 298 valence electrons. The van der Waals surface area contributed by atoms with Crippen LogP contribution in [0.25, 0.3) is 43.1 Å². The molecule has 0 fully saturated rings. The summed E-state index contributed by atoms with van der Waals surface area (Å²) in [7, 11) is 0. The third-order valence-corrected chi connectivity index (χ3v) is 13.3. The van der Waals surface area contributed by atoms with Crippen molar-refractivity contribution in [1.82, 2.24) is 0 Å². The van der Waals surface area contributed by atoms with Gasteiger partial charge >= 0.3 is 5.97 Å². The van der Waals surface area contributed by atoms with Crippen molar-refractivity contribution >= 4 is 72.6 Å². The fraction of sp³-hybridized carbons (Fsp3) is 0.245. The Balaban J connectivity index is 1.21. The van der Waals surface area contributed by atoms with Crippen LogP contribution in [0.4, 0.5) is 11.4 Å². The van der Waals surface area contributed by atoms with Crippen LogP contribution < -0.4 is 4.90 Å². The highest BCUT2D eigenvalue weighted by Crippen LogP contribution is 2.59. The van der Waals surface area contributed by atoms with Crippen LogP contribution in [-0.2, 0) is 25.2 Å². The molecule has 0 amide bonds. The molecule has 2 aliphatic heterocycles. The predicted molar refractivity (Wildman–Crippen MR) is 242 cm³/mol. The van der Waals surface area contributed by atoms with Gasteiger partial charge in [0.1, 0.15) is 13.0 Å². The molecule has 0 spiro atoms. The lowest BCUT2D eigenvalue weighted by atomic mass is 9.66. The summed E-state index contributed by atoms with van der Waals surface area (Å²) in [6.07, 6.45) is 18.6. The van der Waals surface area contributed by atoms with E-state index >= 15 is 0 Å². The van der Waals surface area contributed by atoms with Gasteiger partial charge in [-0.05, 0) is 89.1 Å². The maximum absolute atomic E-state index is 12.1. The fourth-order valence-electron chi connectivity index (χ4n) is 10.7. The van der Waals surface area contributed by atoms with E-state index in [9.17, 15) is 20.0 Å². The van der Waals surface area contributed by atoms with Crippen molar-refractivity contribution in [3.05, 3.63) is 156 Å². The summed E-state index contributed by atoms with van der Waals surface area (Å²) in [6, 6.07) is 36.5. The largest absolute Gasteiger partial charge is 0.481 e. The molecule has 1 N–H and O–H groups in total. The standard InChI is InChI=1S/C53H47N3O4/c1-52(30-31-54)45(55(32-29-47(58)59)50-43-25-15-11-21-39(43)37-19-9-13-23-41(37)48(50)52)27-7-4-8-28-46-53(2,36-17-5-3-6-18-36)49-42-24-14-10-20-38(42)40-22-12-16-26-44(40)51(49)56(46)33-34-60-35-57/h4-5,7-17,19-28,35-36H,3,6,18,29-30,32-34H2,1-2H3/p+1. The molecular formula is C53H48N3O4+. The number of anilines is 1. The zero-order chi connectivity index (χ0) is 41.4. The Morgan fingerprint density at radius 1 is 0.850 bits per heavy atom. The minimum absolute atomic E-state index is 0.0513. The summed E-state index contributed by atoms with van der Waals surface area (Å²) < 4.78 is 7.52. The molecule has 60 heavy (non-hydrogen) atoms. The van der Waals surface area contributed by atoms with E-state index in [0.29, 0.717) is 13.0 Å². The van der Waals surface area contributed by atoms with Crippen molar-refractivity contribution in [2.45, 2.75) is 56.8 Å². The van der Waals surface area contributed by atoms with Gasteiger partial charge in [-0.2, -0.15) is 9.84 Å². The zero-order valence-electron chi connectivity index (χ0n) is 34.1. The lowest BCUT2D eigenvalue weighted by Crippen LogP contribution is -2.36. The number of fused-ring (bicyclic) bond motifs is 12. The first-order valence-corrected chi connectivity index (χ1v) is 21.0. The van der Waals surface area contributed by atoms with Crippen molar-refractivity contribution in [3.63, 3.8) is 0 Å². The summed E-state index contributed by atoms with van der Waals surface area (Å²) >= 11 is 0. The Morgan fingerprint density at radius 3 is 2.07 bits per heavy atom. The van der Waals surface area contributed by atoms with Crippen LogP contribution >= 0.6 is 0 Å². The Kier molecular flexibility index (Phi) is 10.2. The molecule has 9 rings (SSSR count). The molecule has 6 aromatic carbocycles. The summed E-state index contributed by atoms with van der Waals surface area (Å²) in [5.41, 5.74) is 5.44. The van der Waals surface area contributed by atoms with E-state index in [1.165, 1.54) is 27.1 Å². The maximum atomic E-state index is 12.1. The molecule has 0 saturated heterocycles. The van der Waals surface area contributed by atoms with Crippen LogP contribution in [-0.4, -0.2) is 47.5 Å². The number of carbonyl (C=O) groups excluding carboxylic acids is 1. The number of allylic oxidation sites excluding steroid dienone is 8. The highest BCUT2D eigenvalue weighted by Gasteiger charge is 2.51. The van der Waals surface area contributed by atoms with Crippen LogP contribution in [0.2, 0.25) is 0 Å². The minimum atomic E-state index is -0.873. The number of benzene rings is 6. The molecule has 0 aromatic heterocycles. The van der Waals surface area contributed by atoms with E-state index in [1.54, 1.807) is 0 Å². The second kappa shape index (κ2) is 15.8. The summed E-state index contributed by atoms with van der Waals surface area (Å²) in [5.74, 6) is -0.629. The Hall–Kier alpha value is -6.78. The van der Waals surface area contributed by atoms with Gasteiger partial charge in [0, 0.05) is 28.1 Å². The topological polar surface area (TPSA) is 93.6 Å². The van der Waals surface area contributed by atoms with Gasteiger partial charge in [0.15, 0.2) is 12.3 Å². The second-order valence-electron chi connectivity index (χ2n) is 16.6. The first-order chi connectivity index (χ1) is 29.3. The molecule has 0 bridgehead atoms. The molecule has 6 aromatic rings. The third-order valence-electron chi connectivity index (χ3n) is 13.3. The number of nitriles is 1. The van der Waals surface area contributed by atoms with E-state index in [0.717, 1.165) is 69.2 Å². The number of hydrogen-bond donors (Lipinski definition) is 1. The van der Waals surface area contributed by atoms with E-state index in [-0.39, 0.29) is 31.9 Å². The lowest BCUT2D eigenvalue weighted by Gasteiger charge is -2.38. The SMILES string of the molecule is CC1(CC#N)C(/C=C/C=C/C=C2\N(CCOC=O)c3c(c4ccccc4c4ccccc34)C2(C)C2C=CCCC2)=[N+](CCC(=O)O)c2c1c1ccccc1c1ccccc21. The van der Waals surface area contributed by atoms with Gasteiger partial charge in [0.2, 0.25) is 5.69 Å². The van der Waals surface area contributed by atoms with E-state index in [4.69, 9.17) is 4.74 Å². The van der Waals surface area contributed by atoms with Crippen molar-refractivity contribution in [3.8, 4) is 6.07 Å². The van der Waals surface area contributed by atoms with Crippen LogP contribution in [0.3, 0.4) is 0 Å². The molecule has 3 atom stereocenters. The van der Waals surface area contributed by atoms with Gasteiger partial charge in [0.25, 0.3) is 6.47 Å². The number of nitrogens with zero attached hydrogens (tertiary/aromatic N) is 3. The molecule has 0 radical (unpaired) electrons. The minimum Gasteiger partial charge on any atom is -0.481 e. The first-order valence-electron chi connectivity index (χ1n) is 21.0. The van der Waals surface area contributed by atoms with Crippen molar-refractivity contribution < 1.29 is 24.0 Å². The fourth-order valence-corrected chi connectivity index (χ4v) is 10.7. The quantitative estimate of drug-likeness (QED) is 0.0331. The van der Waals surface area contributed by atoms with Crippen molar-refractivity contribution in [2.24, 2.45) is 5.92 Å². The van der Waals surface area contributed by atoms with Gasteiger partial charge in [-0.25, -0.2) is 0 Å². The molecule has 2 heterocycles. The molecule has 3 aliphatic rings. The number of carbonyl (C=O) groups is 2. The molecule has 1 aliphatic carbocycles. The Labute approximate surface area is 350 Å². The number of hydrogen-bond acceptors (Lipinski definition) is 5.